The van der Waals surface area contributed by atoms with Gasteiger partial charge in [0.2, 0.25) is 0 Å². The third-order valence-electron chi connectivity index (χ3n) is 2.23. The summed E-state index contributed by atoms with van der Waals surface area (Å²) in [5.41, 5.74) is 1.28. The van der Waals surface area contributed by atoms with E-state index in [4.69, 9.17) is 0 Å². The summed E-state index contributed by atoms with van der Waals surface area (Å²) in [6.07, 6.45) is 10.8. The summed E-state index contributed by atoms with van der Waals surface area (Å²) < 4.78 is 0. The molecular weight excluding hydrogens is 158 g/mol. The Morgan fingerprint density at radius 1 is 1.38 bits per heavy atom. The van der Waals surface area contributed by atoms with E-state index in [9.17, 15) is 0 Å². The fraction of sp³-hybridized carbons (Fsp3) is 0.667. The van der Waals surface area contributed by atoms with Gasteiger partial charge in [0, 0.05) is 6.04 Å². The van der Waals surface area contributed by atoms with Gasteiger partial charge >= 0.3 is 0 Å². The van der Waals surface area contributed by atoms with Crippen LogP contribution in [0.2, 0.25) is 0 Å². The quantitative estimate of drug-likeness (QED) is 0.468. The van der Waals surface area contributed by atoms with E-state index >= 15 is 0 Å². The molecule has 1 aliphatic carbocycles. The maximum atomic E-state index is 3.87. The first kappa shape index (κ1) is 10.5. The summed E-state index contributed by atoms with van der Waals surface area (Å²) in [6.45, 7) is 7.11. The van der Waals surface area contributed by atoms with Gasteiger partial charge in [-0.15, -0.1) is 6.58 Å². The first-order valence-corrected chi connectivity index (χ1v) is 5.32. The Labute approximate surface area is 81.9 Å². The highest BCUT2D eigenvalue weighted by Gasteiger charge is 2.18. The fourth-order valence-electron chi connectivity index (χ4n) is 1.22. The smallest absolute Gasteiger partial charge is 0.00683 e. The van der Waals surface area contributed by atoms with Crippen LogP contribution in [0.3, 0.4) is 0 Å². The van der Waals surface area contributed by atoms with Crippen LogP contribution in [0.5, 0.6) is 0 Å². The largest absolute Gasteiger partial charge is 0.314 e. The zero-order valence-electron chi connectivity index (χ0n) is 8.68. The lowest BCUT2D eigenvalue weighted by Gasteiger charge is -1.97. The predicted octanol–water partition coefficient (Wildman–Crippen LogP) is 3.04. The van der Waals surface area contributed by atoms with E-state index < -0.39 is 0 Å². The van der Waals surface area contributed by atoms with E-state index in [-0.39, 0.29) is 0 Å². The molecule has 0 unspecified atom stereocenters. The fourth-order valence-corrected chi connectivity index (χ4v) is 1.22. The van der Waals surface area contributed by atoms with Crippen LogP contribution < -0.4 is 5.32 Å². The summed E-state index contributed by atoms with van der Waals surface area (Å²) in [7, 11) is 0. The Bertz CT molecular complexity index is 178. The van der Waals surface area contributed by atoms with Crippen molar-refractivity contribution in [2.45, 2.75) is 45.1 Å². The highest BCUT2D eigenvalue weighted by Crippen LogP contribution is 2.18. The van der Waals surface area contributed by atoms with Crippen molar-refractivity contribution in [2.24, 2.45) is 0 Å². The standard InChI is InChI=1S/C12H21N/c1-11(2)7-5-3-4-6-10-13-12-8-9-12/h3-4,12-13H,1,5-10H2,2H3/b4-3+. The highest BCUT2D eigenvalue weighted by molar-refractivity contribution is 4.93. The lowest BCUT2D eigenvalue weighted by molar-refractivity contribution is 0.689. The SMILES string of the molecule is C=C(C)CC/C=C/CCNC1CC1. The van der Waals surface area contributed by atoms with E-state index in [2.05, 4.69) is 31.0 Å². The lowest BCUT2D eigenvalue weighted by Crippen LogP contribution is -2.16. The Balaban J connectivity index is 1.82. The van der Waals surface area contributed by atoms with Crippen molar-refractivity contribution < 1.29 is 0 Å². The van der Waals surface area contributed by atoms with Crippen LogP contribution in [0.1, 0.15) is 39.0 Å². The summed E-state index contributed by atoms with van der Waals surface area (Å²) in [6, 6.07) is 0.851. The Kier molecular flexibility index (Phi) is 4.84. The molecule has 1 N–H and O–H groups in total. The van der Waals surface area contributed by atoms with Gasteiger partial charge in [-0.3, -0.25) is 0 Å². The molecule has 1 heteroatoms. The van der Waals surface area contributed by atoms with Crippen LogP contribution in [0.25, 0.3) is 0 Å². The third-order valence-corrected chi connectivity index (χ3v) is 2.23. The third kappa shape index (κ3) is 6.59. The molecule has 0 atom stereocenters. The molecule has 0 amide bonds. The van der Waals surface area contributed by atoms with Crippen molar-refractivity contribution >= 4 is 0 Å². The summed E-state index contributed by atoms with van der Waals surface area (Å²) in [5, 5.41) is 3.49. The van der Waals surface area contributed by atoms with Crippen molar-refractivity contribution in [1.82, 2.24) is 5.32 Å². The second kappa shape index (κ2) is 5.98. The molecule has 74 valence electrons. The van der Waals surface area contributed by atoms with Crippen LogP contribution in [-0.2, 0) is 0 Å². The molecule has 0 saturated heterocycles. The van der Waals surface area contributed by atoms with Crippen LogP contribution in [0.15, 0.2) is 24.3 Å². The summed E-state index contributed by atoms with van der Waals surface area (Å²) >= 11 is 0. The van der Waals surface area contributed by atoms with Crippen molar-refractivity contribution in [3.05, 3.63) is 24.3 Å². The maximum Gasteiger partial charge on any atom is 0.00683 e. The number of nitrogens with one attached hydrogen (secondary N) is 1. The van der Waals surface area contributed by atoms with Gasteiger partial charge in [0.1, 0.15) is 0 Å². The molecule has 1 fully saturated rings. The van der Waals surface area contributed by atoms with E-state index in [1.165, 1.54) is 24.8 Å². The molecule has 0 aromatic rings. The van der Waals surface area contributed by atoms with Crippen molar-refractivity contribution in [3.8, 4) is 0 Å². The van der Waals surface area contributed by atoms with E-state index in [0.717, 1.165) is 25.4 Å². The van der Waals surface area contributed by atoms with Crippen LogP contribution in [0, 0.1) is 0 Å². The normalized spacial score (nSPS) is 16.7. The zero-order chi connectivity index (χ0) is 9.52. The number of hydrogen-bond donors (Lipinski definition) is 1. The molecule has 0 heterocycles. The van der Waals surface area contributed by atoms with Crippen LogP contribution >= 0.6 is 0 Å². The Hall–Kier alpha value is -0.560. The van der Waals surface area contributed by atoms with Gasteiger partial charge in [0.05, 0.1) is 0 Å². The van der Waals surface area contributed by atoms with Gasteiger partial charge < -0.3 is 5.32 Å². The molecular formula is C12H21N. The topological polar surface area (TPSA) is 12.0 Å². The van der Waals surface area contributed by atoms with Gasteiger partial charge in [-0.2, -0.15) is 0 Å². The molecule has 0 spiro atoms. The van der Waals surface area contributed by atoms with E-state index in [0.29, 0.717) is 0 Å². The molecule has 1 aliphatic rings. The van der Waals surface area contributed by atoms with Crippen LogP contribution in [-0.4, -0.2) is 12.6 Å². The van der Waals surface area contributed by atoms with Gasteiger partial charge in [0.25, 0.3) is 0 Å². The molecule has 0 aromatic carbocycles. The van der Waals surface area contributed by atoms with Gasteiger partial charge in [-0.1, -0.05) is 17.7 Å². The van der Waals surface area contributed by atoms with Gasteiger partial charge in [0.15, 0.2) is 0 Å². The average molecular weight is 179 g/mol. The van der Waals surface area contributed by atoms with Crippen molar-refractivity contribution in [3.63, 3.8) is 0 Å². The minimum atomic E-state index is 0.851. The van der Waals surface area contributed by atoms with E-state index in [1.807, 2.05) is 0 Å². The Morgan fingerprint density at radius 2 is 2.08 bits per heavy atom. The zero-order valence-corrected chi connectivity index (χ0v) is 8.68. The number of allylic oxidation sites excluding steroid dienone is 2. The Morgan fingerprint density at radius 3 is 2.69 bits per heavy atom. The molecule has 0 aromatic heterocycles. The summed E-state index contributed by atoms with van der Waals surface area (Å²) in [5.74, 6) is 0. The van der Waals surface area contributed by atoms with Crippen LogP contribution in [0.4, 0.5) is 0 Å². The van der Waals surface area contributed by atoms with E-state index in [1.54, 1.807) is 0 Å². The molecule has 0 radical (unpaired) electrons. The van der Waals surface area contributed by atoms with Crippen molar-refractivity contribution in [2.75, 3.05) is 6.54 Å². The lowest BCUT2D eigenvalue weighted by atomic mass is 10.2. The molecule has 1 saturated carbocycles. The average Bonchev–Trinajstić information content (AvgIpc) is 2.86. The second-order valence-electron chi connectivity index (χ2n) is 3.98. The molecule has 0 bridgehead atoms. The monoisotopic (exact) mass is 179 g/mol. The minimum absolute atomic E-state index is 0.851. The first-order chi connectivity index (χ1) is 6.29. The van der Waals surface area contributed by atoms with Gasteiger partial charge in [-0.25, -0.2) is 0 Å². The maximum absolute atomic E-state index is 3.87. The molecule has 0 aliphatic heterocycles. The summed E-state index contributed by atoms with van der Waals surface area (Å²) in [4.78, 5) is 0. The highest BCUT2D eigenvalue weighted by atomic mass is 14.9. The molecule has 1 rings (SSSR count). The van der Waals surface area contributed by atoms with Crippen molar-refractivity contribution in [1.29, 1.82) is 0 Å². The number of rotatable bonds is 7. The van der Waals surface area contributed by atoms with Gasteiger partial charge in [-0.05, 0) is 45.6 Å². The minimum Gasteiger partial charge on any atom is -0.314 e. The first-order valence-electron chi connectivity index (χ1n) is 5.32. The predicted molar refractivity (Wildman–Crippen MR) is 58.8 cm³/mol. The molecule has 13 heavy (non-hydrogen) atoms. The number of hydrogen-bond acceptors (Lipinski definition) is 1. The second-order valence-corrected chi connectivity index (χ2v) is 3.98. The molecule has 1 nitrogen and oxygen atoms in total.